The van der Waals surface area contributed by atoms with Crippen LogP contribution in [0.4, 0.5) is 0 Å². The molecule has 0 aromatic carbocycles. The van der Waals surface area contributed by atoms with Crippen molar-refractivity contribution in [1.82, 2.24) is 0 Å². The van der Waals surface area contributed by atoms with Crippen molar-refractivity contribution in [2.75, 3.05) is 0 Å². The lowest BCUT2D eigenvalue weighted by Crippen LogP contribution is -1.83. The fraction of sp³-hybridized carbons (Fsp3) is 0.800. The van der Waals surface area contributed by atoms with Crippen molar-refractivity contribution in [3.8, 4) is 0 Å². The van der Waals surface area contributed by atoms with Gasteiger partial charge in [-0.2, -0.15) is 0 Å². The molecule has 0 radical (unpaired) electrons. The first kappa shape index (κ1) is 20.3. The van der Waals surface area contributed by atoms with E-state index in [1.807, 2.05) is 6.08 Å². The van der Waals surface area contributed by atoms with E-state index >= 15 is 0 Å². The largest absolute Gasteiger partial charge is 0.516 e. The minimum absolute atomic E-state index is 1.09. The first-order chi connectivity index (χ1) is 10.4. The molecule has 0 bridgehead atoms. The Hall–Kier alpha value is -0.720. The van der Waals surface area contributed by atoms with E-state index in [4.69, 9.17) is 5.11 Å². The Labute approximate surface area is 133 Å². The van der Waals surface area contributed by atoms with Gasteiger partial charge in [0.15, 0.2) is 0 Å². The SMILES string of the molecule is CCCCCCCCCCCCCCCCC=CC=CO. The summed E-state index contributed by atoms with van der Waals surface area (Å²) >= 11 is 0. The van der Waals surface area contributed by atoms with Crippen LogP contribution in [0.2, 0.25) is 0 Å². The third-order valence-electron chi connectivity index (χ3n) is 4.06. The number of allylic oxidation sites excluding steroid dienone is 3. The van der Waals surface area contributed by atoms with E-state index in [0.717, 1.165) is 12.7 Å². The molecule has 0 heterocycles. The van der Waals surface area contributed by atoms with Crippen LogP contribution in [0, 0.1) is 0 Å². The first-order valence-electron chi connectivity index (χ1n) is 9.37. The van der Waals surface area contributed by atoms with Crippen molar-refractivity contribution in [3.63, 3.8) is 0 Å². The summed E-state index contributed by atoms with van der Waals surface area (Å²) in [5.41, 5.74) is 0. The summed E-state index contributed by atoms with van der Waals surface area (Å²) in [7, 11) is 0. The Morgan fingerprint density at radius 3 is 1.43 bits per heavy atom. The lowest BCUT2D eigenvalue weighted by atomic mass is 10.0. The van der Waals surface area contributed by atoms with Gasteiger partial charge in [-0.15, -0.1) is 0 Å². The maximum atomic E-state index is 8.46. The van der Waals surface area contributed by atoms with Crippen LogP contribution in [-0.2, 0) is 0 Å². The number of aliphatic hydroxyl groups is 1. The van der Waals surface area contributed by atoms with Crippen LogP contribution in [0.25, 0.3) is 0 Å². The Morgan fingerprint density at radius 2 is 1.00 bits per heavy atom. The van der Waals surface area contributed by atoms with E-state index in [1.54, 1.807) is 6.08 Å². The molecule has 0 spiro atoms. The molecule has 124 valence electrons. The van der Waals surface area contributed by atoms with Crippen LogP contribution < -0.4 is 0 Å². The standard InChI is InChI=1S/C20H38O/c1-2-3-4-5-6-7-8-9-10-11-12-13-14-15-16-17-18-19-20-21/h17-21H,2-16H2,1H3. The van der Waals surface area contributed by atoms with Crippen molar-refractivity contribution in [3.05, 3.63) is 24.5 Å². The Morgan fingerprint density at radius 1 is 0.571 bits per heavy atom. The van der Waals surface area contributed by atoms with Gasteiger partial charge in [-0.25, -0.2) is 0 Å². The lowest BCUT2D eigenvalue weighted by Gasteiger charge is -2.02. The molecule has 0 unspecified atom stereocenters. The molecular formula is C20H38O. The van der Waals surface area contributed by atoms with Gasteiger partial charge in [-0.05, 0) is 18.9 Å². The van der Waals surface area contributed by atoms with Gasteiger partial charge in [-0.3, -0.25) is 0 Å². The Bertz CT molecular complexity index is 230. The van der Waals surface area contributed by atoms with Crippen molar-refractivity contribution >= 4 is 0 Å². The van der Waals surface area contributed by atoms with E-state index in [9.17, 15) is 0 Å². The molecule has 0 rings (SSSR count). The quantitative estimate of drug-likeness (QED) is 0.178. The number of unbranched alkanes of at least 4 members (excludes halogenated alkanes) is 14. The summed E-state index contributed by atoms with van der Waals surface area (Å²) in [5.74, 6) is 0. The molecule has 0 saturated heterocycles. The summed E-state index contributed by atoms with van der Waals surface area (Å²) in [6.07, 6.45) is 27.8. The molecule has 0 aromatic rings. The average molecular weight is 295 g/mol. The molecule has 0 amide bonds. The number of aliphatic hydroxyl groups excluding tert-OH is 1. The van der Waals surface area contributed by atoms with Crippen LogP contribution in [-0.4, -0.2) is 5.11 Å². The second-order valence-corrected chi connectivity index (χ2v) is 6.15. The zero-order chi connectivity index (χ0) is 15.4. The van der Waals surface area contributed by atoms with Crippen molar-refractivity contribution in [2.45, 2.75) is 103 Å². The topological polar surface area (TPSA) is 20.2 Å². The summed E-state index contributed by atoms with van der Waals surface area (Å²) in [5, 5.41) is 8.46. The van der Waals surface area contributed by atoms with Gasteiger partial charge in [0.2, 0.25) is 0 Å². The highest BCUT2D eigenvalue weighted by molar-refractivity contribution is 4.98. The highest BCUT2D eigenvalue weighted by Gasteiger charge is 1.93. The van der Waals surface area contributed by atoms with Crippen LogP contribution >= 0.6 is 0 Å². The first-order valence-corrected chi connectivity index (χ1v) is 9.37. The molecule has 1 nitrogen and oxygen atoms in total. The van der Waals surface area contributed by atoms with Gasteiger partial charge >= 0.3 is 0 Å². The molecular weight excluding hydrogens is 256 g/mol. The second-order valence-electron chi connectivity index (χ2n) is 6.15. The Kier molecular flexibility index (Phi) is 18.6. The van der Waals surface area contributed by atoms with Crippen LogP contribution in [0.15, 0.2) is 24.5 Å². The minimum Gasteiger partial charge on any atom is -0.516 e. The summed E-state index contributed by atoms with van der Waals surface area (Å²) in [6.45, 7) is 2.28. The monoisotopic (exact) mass is 294 g/mol. The fourth-order valence-electron chi connectivity index (χ4n) is 2.68. The molecule has 1 N–H and O–H groups in total. The predicted molar refractivity (Wildman–Crippen MR) is 95.8 cm³/mol. The Balaban J connectivity index is 2.99. The highest BCUT2D eigenvalue weighted by atomic mass is 16.2. The highest BCUT2D eigenvalue weighted by Crippen LogP contribution is 2.13. The van der Waals surface area contributed by atoms with Gasteiger partial charge < -0.3 is 5.11 Å². The molecule has 21 heavy (non-hydrogen) atoms. The van der Waals surface area contributed by atoms with E-state index in [2.05, 4.69) is 13.0 Å². The minimum atomic E-state index is 1.09. The molecule has 0 aliphatic rings. The zero-order valence-corrected chi connectivity index (χ0v) is 14.4. The molecule has 0 aromatic heterocycles. The van der Waals surface area contributed by atoms with Crippen molar-refractivity contribution in [1.29, 1.82) is 0 Å². The zero-order valence-electron chi connectivity index (χ0n) is 14.4. The normalized spacial score (nSPS) is 11.9. The summed E-state index contributed by atoms with van der Waals surface area (Å²) in [6, 6.07) is 0. The van der Waals surface area contributed by atoms with Gasteiger partial charge in [0, 0.05) is 0 Å². The molecule has 0 aliphatic heterocycles. The van der Waals surface area contributed by atoms with Crippen molar-refractivity contribution in [2.24, 2.45) is 0 Å². The second kappa shape index (κ2) is 19.3. The lowest BCUT2D eigenvalue weighted by molar-refractivity contribution is 0.473. The van der Waals surface area contributed by atoms with Crippen LogP contribution in [0.1, 0.15) is 103 Å². The van der Waals surface area contributed by atoms with Crippen molar-refractivity contribution < 1.29 is 5.11 Å². The summed E-state index contributed by atoms with van der Waals surface area (Å²) in [4.78, 5) is 0. The van der Waals surface area contributed by atoms with Gasteiger partial charge in [0.25, 0.3) is 0 Å². The number of hydrogen-bond acceptors (Lipinski definition) is 1. The smallest absolute Gasteiger partial charge is 0.0791 e. The van der Waals surface area contributed by atoms with E-state index in [-0.39, 0.29) is 0 Å². The van der Waals surface area contributed by atoms with E-state index < -0.39 is 0 Å². The third kappa shape index (κ3) is 19.3. The van der Waals surface area contributed by atoms with Gasteiger partial charge in [-0.1, -0.05) is 103 Å². The van der Waals surface area contributed by atoms with Gasteiger partial charge in [0.05, 0.1) is 6.26 Å². The van der Waals surface area contributed by atoms with Crippen LogP contribution in [0.3, 0.4) is 0 Å². The maximum Gasteiger partial charge on any atom is 0.0791 e. The summed E-state index contributed by atoms with van der Waals surface area (Å²) < 4.78 is 0. The molecule has 1 heteroatoms. The number of rotatable bonds is 16. The average Bonchev–Trinajstić information content (AvgIpc) is 2.50. The molecule has 0 aliphatic carbocycles. The predicted octanol–water partition coefficient (Wildman–Crippen LogP) is 7.49. The number of hydrogen-bond donors (Lipinski definition) is 1. The maximum absolute atomic E-state index is 8.46. The van der Waals surface area contributed by atoms with E-state index in [0.29, 0.717) is 0 Å². The molecule has 0 saturated carbocycles. The van der Waals surface area contributed by atoms with Crippen LogP contribution in [0.5, 0.6) is 0 Å². The molecule has 0 atom stereocenters. The molecule has 0 fully saturated rings. The fourth-order valence-corrected chi connectivity index (χ4v) is 2.68. The van der Waals surface area contributed by atoms with E-state index in [1.165, 1.54) is 89.9 Å². The third-order valence-corrected chi connectivity index (χ3v) is 4.06. The van der Waals surface area contributed by atoms with Gasteiger partial charge in [0.1, 0.15) is 0 Å².